The summed E-state index contributed by atoms with van der Waals surface area (Å²) >= 11 is 9.21. The minimum absolute atomic E-state index is 0.0407. The number of nitrogens with two attached hydrogens (primary N) is 1. The zero-order chi connectivity index (χ0) is 21.9. The van der Waals surface area contributed by atoms with E-state index in [2.05, 4.69) is 41.2 Å². The highest BCUT2D eigenvalue weighted by molar-refractivity contribution is 7.98. The number of rotatable bonds is 13. The van der Waals surface area contributed by atoms with Crippen molar-refractivity contribution in [1.29, 1.82) is 0 Å². The summed E-state index contributed by atoms with van der Waals surface area (Å²) in [6, 6.07) is -4.59. The topological polar surface area (TPSA) is 171 Å². The first-order chi connectivity index (χ1) is 13.1. The summed E-state index contributed by atoms with van der Waals surface area (Å²) < 4.78 is 0. The molecule has 3 amide bonds. The molecule has 0 aliphatic rings. The van der Waals surface area contributed by atoms with Crippen LogP contribution in [0.3, 0.4) is 0 Å². The number of nitrogens with one attached hydrogen (secondary N) is 3. The van der Waals surface area contributed by atoms with Crippen LogP contribution in [0.4, 0.5) is 0 Å². The van der Waals surface area contributed by atoms with Crippen molar-refractivity contribution >= 4 is 60.7 Å². The number of carboxylic acids is 1. The van der Waals surface area contributed by atoms with Crippen LogP contribution in [0, 0.1) is 0 Å². The average Bonchev–Trinajstić information content (AvgIpc) is 2.65. The summed E-state index contributed by atoms with van der Waals surface area (Å²) in [4.78, 5) is 47.9. The van der Waals surface area contributed by atoms with E-state index < -0.39 is 54.0 Å². The Morgan fingerprint density at radius 2 is 1.57 bits per heavy atom. The third-order valence-corrected chi connectivity index (χ3v) is 5.04. The molecular weight excluding hydrogens is 428 g/mol. The minimum Gasteiger partial charge on any atom is -0.480 e. The number of hydrogen-bond donors (Lipinski definition) is 8. The maximum atomic E-state index is 12.5. The van der Waals surface area contributed by atoms with Gasteiger partial charge in [0.05, 0.1) is 12.1 Å². The van der Waals surface area contributed by atoms with Crippen molar-refractivity contribution in [1.82, 2.24) is 16.0 Å². The number of thiol groups is 2. The van der Waals surface area contributed by atoms with E-state index in [0.717, 1.165) is 0 Å². The molecule has 0 aromatic heterocycles. The monoisotopic (exact) mass is 456 g/mol. The molecule has 0 heterocycles. The largest absolute Gasteiger partial charge is 0.480 e. The Kier molecular flexibility index (Phi) is 13.4. The lowest BCUT2D eigenvalue weighted by atomic mass is 10.1. The van der Waals surface area contributed by atoms with Gasteiger partial charge in [0.1, 0.15) is 18.1 Å². The number of carbonyl (C=O) groups excluding carboxylic acids is 3. The molecule has 5 unspecified atom stereocenters. The van der Waals surface area contributed by atoms with Gasteiger partial charge in [-0.3, -0.25) is 14.4 Å². The van der Waals surface area contributed by atoms with E-state index in [1.165, 1.54) is 18.7 Å². The summed E-state index contributed by atoms with van der Waals surface area (Å²) in [5, 5.41) is 25.9. The molecule has 162 valence electrons. The van der Waals surface area contributed by atoms with Crippen LogP contribution in [0.1, 0.15) is 13.3 Å². The lowest BCUT2D eigenvalue weighted by molar-refractivity contribution is -0.141. The maximum absolute atomic E-state index is 12.5. The molecule has 0 aromatic rings. The Morgan fingerprint density at radius 1 is 1.00 bits per heavy atom. The second-order valence-corrected chi connectivity index (χ2v) is 7.66. The van der Waals surface area contributed by atoms with Gasteiger partial charge in [0.15, 0.2) is 0 Å². The number of hydrogen-bond acceptors (Lipinski definition) is 9. The Morgan fingerprint density at radius 3 is 2.00 bits per heavy atom. The Labute approximate surface area is 179 Å². The van der Waals surface area contributed by atoms with Crippen molar-refractivity contribution in [2.24, 2.45) is 5.73 Å². The van der Waals surface area contributed by atoms with Crippen LogP contribution in [0.25, 0.3) is 0 Å². The molecule has 0 spiro atoms. The molecule has 0 aliphatic heterocycles. The highest BCUT2D eigenvalue weighted by atomic mass is 32.2. The van der Waals surface area contributed by atoms with Crippen LogP contribution in [0.5, 0.6) is 0 Å². The Bertz CT molecular complexity index is 552. The number of thioether (sulfide) groups is 1. The fraction of sp³-hybridized carbons (Fsp3) is 0.733. The maximum Gasteiger partial charge on any atom is 0.327 e. The van der Waals surface area contributed by atoms with E-state index >= 15 is 0 Å². The number of amides is 3. The number of aliphatic hydroxyl groups excluding tert-OH is 1. The molecular formula is C15H28N4O6S3. The summed E-state index contributed by atoms with van der Waals surface area (Å²) in [6.45, 7) is 1.30. The Hall–Kier alpha value is -1.15. The van der Waals surface area contributed by atoms with E-state index in [0.29, 0.717) is 5.75 Å². The highest BCUT2D eigenvalue weighted by Gasteiger charge is 2.31. The fourth-order valence-electron chi connectivity index (χ4n) is 1.97. The Balaban J connectivity index is 5.25. The van der Waals surface area contributed by atoms with Crippen molar-refractivity contribution in [2.45, 2.75) is 43.6 Å². The number of carbonyl (C=O) groups is 4. The second kappa shape index (κ2) is 13.9. The van der Waals surface area contributed by atoms with E-state index in [9.17, 15) is 24.3 Å². The second-order valence-electron chi connectivity index (χ2n) is 5.94. The van der Waals surface area contributed by atoms with Gasteiger partial charge in [-0.25, -0.2) is 4.79 Å². The van der Waals surface area contributed by atoms with Crippen molar-refractivity contribution in [3.05, 3.63) is 0 Å². The summed E-state index contributed by atoms with van der Waals surface area (Å²) in [5.74, 6) is -3.01. The van der Waals surface area contributed by atoms with Crippen molar-refractivity contribution in [3.63, 3.8) is 0 Å². The molecule has 28 heavy (non-hydrogen) atoms. The molecule has 7 N–H and O–H groups in total. The van der Waals surface area contributed by atoms with Crippen molar-refractivity contribution in [2.75, 3.05) is 23.5 Å². The predicted octanol–water partition coefficient (Wildman–Crippen LogP) is -2.15. The molecule has 0 aliphatic carbocycles. The molecule has 0 radical (unpaired) electrons. The third-order valence-electron chi connectivity index (χ3n) is 3.64. The quantitative estimate of drug-likeness (QED) is 0.145. The van der Waals surface area contributed by atoms with Crippen LogP contribution in [-0.4, -0.2) is 87.7 Å². The van der Waals surface area contributed by atoms with E-state index in [1.54, 1.807) is 0 Å². The van der Waals surface area contributed by atoms with Crippen LogP contribution in [0.15, 0.2) is 0 Å². The van der Waals surface area contributed by atoms with Gasteiger partial charge in [0, 0.05) is 11.5 Å². The molecule has 0 saturated heterocycles. The molecule has 0 rings (SSSR count). The van der Waals surface area contributed by atoms with Gasteiger partial charge in [-0.15, -0.1) is 0 Å². The number of aliphatic carboxylic acids is 1. The SMILES string of the molecule is CSCCC(NC(=O)C(NC(=O)C(N)CS)C(C)O)C(=O)NC(CS)C(=O)O. The number of carboxylic acid groups (broad SMARTS) is 1. The summed E-state index contributed by atoms with van der Waals surface area (Å²) in [7, 11) is 0. The van der Waals surface area contributed by atoms with E-state index in [-0.39, 0.29) is 17.9 Å². The van der Waals surface area contributed by atoms with Crippen LogP contribution < -0.4 is 21.7 Å². The van der Waals surface area contributed by atoms with Crippen LogP contribution >= 0.6 is 37.0 Å². The van der Waals surface area contributed by atoms with Gasteiger partial charge in [-0.1, -0.05) is 0 Å². The van der Waals surface area contributed by atoms with Crippen molar-refractivity contribution in [3.8, 4) is 0 Å². The third kappa shape index (κ3) is 9.37. The first-order valence-corrected chi connectivity index (χ1v) is 11.0. The fourth-order valence-corrected chi connectivity index (χ4v) is 2.86. The summed E-state index contributed by atoms with van der Waals surface area (Å²) in [5.41, 5.74) is 5.55. The number of aliphatic hydroxyl groups is 1. The van der Waals surface area contributed by atoms with Gasteiger partial charge >= 0.3 is 5.97 Å². The van der Waals surface area contributed by atoms with Gasteiger partial charge in [0.25, 0.3) is 0 Å². The molecule has 0 saturated carbocycles. The van der Waals surface area contributed by atoms with Crippen LogP contribution in [-0.2, 0) is 19.2 Å². The summed E-state index contributed by atoms with van der Waals surface area (Å²) in [6.07, 6.45) is 0.765. The average molecular weight is 457 g/mol. The van der Waals surface area contributed by atoms with Gasteiger partial charge in [-0.2, -0.15) is 37.0 Å². The standard InChI is InChI=1S/C15H28N4O6S3/c1-7(20)11(19-12(21)8(16)5-26)14(23)17-9(3-4-28-2)13(22)18-10(6-27)15(24)25/h7-11,20,26-27H,3-6,16H2,1-2H3,(H,17,23)(H,18,22)(H,19,21)(H,24,25). The van der Waals surface area contributed by atoms with Gasteiger partial charge in [0.2, 0.25) is 17.7 Å². The molecule has 5 atom stereocenters. The zero-order valence-corrected chi connectivity index (χ0v) is 18.2. The van der Waals surface area contributed by atoms with Crippen LogP contribution in [0.2, 0.25) is 0 Å². The first-order valence-electron chi connectivity index (χ1n) is 8.37. The lowest BCUT2D eigenvalue weighted by Gasteiger charge is -2.26. The lowest BCUT2D eigenvalue weighted by Crippen LogP contribution is -2.60. The molecule has 0 aromatic carbocycles. The van der Waals surface area contributed by atoms with Crippen molar-refractivity contribution < 1.29 is 29.4 Å². The molecule has 0 bridgehead atoms. The first kappa shape index (κ1) is 26.9. The van der Waals surface area contributed by atoms with E-state index in [1.807, 2.05) is 6.26 Å². The highest BCUT2D eigenvalue weighted by Crippen LogP contribution is 2.04. The van der Waals surface area contributed by atoms with Gasteiger partial charge in [-0.05, 0) is 25.4 Å². The van der Waals surface area contributed by atoms with E-state index in [4.69, 9.17) is 10.8 Å². The molecule has 0 fully saturated rings. The smallest absolute Gasteiger partial charge is 0.327 e. The zero-order valence-electron chi connectivity index (χ0n) is 15.6. The molecule has 10 nitrogen and oxygen atoms in total. The minimum atomic E-state index is -1.34. The predicted molar refractivity (Wildman–Crippen MR) is 114 cm³/mol. The normalized spacial score (nSPS) is 16.2. The van der Waals surface area contributed by atoms with Gasteiger partial charge < -0.3 is 31.9 Å². The molecule has 13 heteroatoms.